The van der Waals surface area contributed by atoms with Crippen LogP contribution in [0.4, 0.5) is 13.2 Å². The lowest BCUT2D eigenvalue weighted by Gasteiger charge is -2.37. The number of amides is 2. The zero-order valence-corrected chi connectivity index (χ0v) is 11.8. The van der Waals surface area contributed by atoms with E-state index < -0.39 is 30.6 Å². The summed E-state index contributed by atoms with van der Waals surface area (Å²) in [6.45, 7) is -0.931. The molecular formula is C12H20F3N3O3. The highest BCUT2D eigenvalue weighted by Gasteiger charge is 2.41. The van der Waals surface area contributed by atoms with Crippen LogP contribution in [0.5, 0.6) is 0 Å². The molecule has 0 unspecified atom stereocenters. The molecule has 1 saturated heterocycles. The summed E-state index contributed by atoms with van der Waals surface area (Å²) in [5.74, 6) is -1.20. The SMILES string of the molecule is CN(CC(=O)NCC(F)(F)F)C(=O)C1(CN)CCOCC1. The molecule has 0 aliphatic carbocycles. The van der Waals surface area contributed by atoms with Gasteiger partial charge in [-0.1, -0.05) is 0 Å². The topological polar surface area (TPSA) is 84.7 Å². The van der Waals surface area contributed by atoms with E-state index in [2.05, 4.69) is 0 Å². The summed E-state index contributed by atoms with van der Waals surface area (Å²) in [6.07, 6.45) is -3.59. The van der Waals surface area contributed by atoms with E-state index in [4.69, 9.17) is 10.5 Å². The molecule has 1 rings (SSSR count). The fourth-order valence-electron chi connectivity index (χ4n) is 2.21. The lowest BCUT2D eigenvalue weighted by molar-refractivity contribution is -0.149. The number of rotatable bonds is 5. The molecule has 0 aromatic rings. The number of halogens is 3. The maximum atomic E-state index is 12.4. The Morgan fingerprint density at radius 3 is 2.38 bits per heavy atom. The minimum atomic E-state index is -4.47. The molecule has 0 bridgehead atoms. The van der Waals surface area contributed by atoms with Gasteiger partial charge in [0.2, 0.25) is 11.8 Å². The quantitative estimate of drug-likeness (QED) is 0.741. The van der Waals surface area contributed by atoms with Crippen LogP contribution < -0.4 is 11.1 Å². The summed E-state index contributed by atoms with van der Waals surface area (Å²) < 4.78 is 41.2. The molecule has 0 atom stereocenters. The van der Waals surface area contributed by atoms with Crippen molar-refractivity contribution >= 4 is 11.8 Å². The fraction of sp³-hybridized carbons (Fsp3) is 0.833. The second kappa shape index (κ2) is 7.08. The van der Waals surface area contributed by atoms with Crippen molar-refractivity contribution in [2.24, 2.45) is 11.1 Å². The maximum absolute atomic E-state index is 12.4. The second-order valence-corrected chi connectivity index (χ2v) is 5.15. The van der Waals surface area contributed by atoms with Gasteiger partial charge in [-0.25, -0.2) is 0 Å². The van der Waals surface area contributed by atoms with Crippen molar-refractivity contribution in [1.29, 1.82) is 0 Å². The van der Waals surface area contributed by atoms with Crippen LogP contribution in [-0.4, -0.2) is 62.8 Å². The molecule has 0 aromatic carbocycles. The first-order valence-corrected chi connectivity index (χ1v) is 6.57. The van der Waals surface area contributed by atoms with Crippen LogP contribution in [-0.2, 0) is 14.3 Å². The Morgan fingerprint density at radius 2 is 1.90 bits per heavy atom. The van der Waals surface area contributed by atoms with Gasteiger partial charge in [-0.15, -0.1) is 0 Å². The molecule has 9 heteroatoms. The monoisotopic (exact) mass is 311 g/mol. The average Bonchev–Trinajstić information content (AvgIpc) is 2.44. The molecule has 1 aliphatic heterocycles. The third-order valence-electron chi connectivity index (χ3n) is 3.51. The number of nitrogens with two attached hydrogens (primary N) is 1. The van der Waals surface area contributed by atoms with Crippen molar-refractivity contribution in [3.8, 4) is 0 Å². The van der Waals surface area contributed by atoms with Crippen LogP contribution in [0.2, 0.25) is 0 Å². The molecule has 0 saturated carbocycles. The number of nitrogens with zero attached hydrogens (tertiary/aromatic N) is 1. The summed E-state index contributed by atoms with van der Waals surface area (Å²) in [4.78, 5) is 24.9. The van der Waals surface area contributed by atoms with Gasteiger partial charge in [0.1, 0.15) is 6.54 Å². The standard InChI is InChI=1S/C12H20F3N3O3/c1-18(6-9(19)17-8-12(13,14)15)10(20)11(7-16)2-4-21-5-3-11/h2-8,16H2,1H3,(H,17,19). The molecule has 0 aromatic heterocycles. The molecular weight excluding hydrogens is 291 g/mol. The highest BCUT2D eigenvalue weighted by Crippen LogP contribution is 2.31. The lowest BCUT2D eigenvalue weighted by atomic mass is 9.79. The van der Waals surface area contributed by atoms with Crippen LogP contribution in [0.25, 0.3) is 0 Å². The fourth-order valence-corrected chi connectivity index (χ4v) is 2.21. The van der Waals surface area contributed by atoms with Gasteiger partial charge in [0, 0.05) is 26.8 Å². The molecule has 2 amide bonds. The Kier molecular flexibility index (Phi) is 5.97. The minimum absolute atomic E-state index is 0.115. The number of ether oxygens (including phenoxy) is 1. The van der Waals surface area contributed by atoms with E-state index in [1.807, 2.05) is 0 Å². The number of carbonyl (C=O) groups excluding carboxylic acids is 2. The van der Waals surface area contributed by atoms with Crippen molar-refractivity contribution in [3.05, 3.63) is 0 Å². The lowest BCUT2D eigenvalue weighted by Crippen LogP contribution is -2.52. The van der Waals surface area contributed by atoms with Gasteiger partial charge >= 0.3 is 6.18 Å². The Morgan fingerprint density at radius 1 is 1.33 bits per heavy atom. The van der Waals surface area contributed by atoms with E-state index in [1.54, 1.807) is 5.32 Å². The number of nitrogens with one attached hydrogen (secondary N) is 1. The zero-order chi connectivity index (χ0) is 16.1. The highest BCUT2D eigenvalue weighted by molar-refractivity contribution is 5.88. The molecule has 21 heavy (non-hydrogen) atoms. The van der Waals surface area contributed by atoms with Crippen molar-refractivity contribution in [2.75, 3.05) is 39.9 Å². The maximum Gasteiger partial charge on any atom is 0.405 e. The zero-order valence-electron chi connectivity index (χ0n) is 11.8. The number of hydrogen-bond donors (Lipinski definition) is 2. The third-order valence-corrected chi connectivity index (χ3v) is 3.51. The van der Waals surface area contributed by atoms with Crippen LogP contribution in [0.3, 0.4) is 0 Å². The number of hydrogen-bond acceptors (Lipinski definition) is 4. The van der Waals surface area contributed by atoms with Crippen LogP contribution >= 0.6 is 0 Å². The molecule has 122 valence electrons. The summed E-state index contributed by atoms with van der Waals surface area (Å²) in [6, 6.07) is 0. The van der Waals surface area contributed by atoms with Crippen LogP contribution in [0.15, 0.2) is 0 Å². The Labute approximate surface area is 120 Å². The highest BCUT2D eigenvalue weighted by atomic mass is 19.4. The molecule has 6 nitrogen and oxygen atoms in total. The second-order valence-electron chi connectivity index (χ2n) is 5.15. The normalized spacial score (nSPS) is 18.1. The predicted octanol–water partition coefficient (Wildman–Crippen LogP) is -0.121. The van der Waals surface area contributed by atoms with E-state index in [0.717, 1.165) is 4.90 Å². The third kappa shape index (κ3) is 5.16. The van der Waals surface area contributed by atoms with Gasteiger partial charge in [0.15, 0.2) is 0 Å². The molecule has 0 spiro atoms. The van der Waals surface area contributed by atoms with Crippen molar-refractivity contribution in [1.82, 2.24) is 10.2 Å². The van der Waals surface area contributed by atoms with Crippen LogP contribution in [0.1, 0.15) is 12.8 Å². The van der Waals surface area contributed by atoms with Crippen molar-refractivity contribution < 1.29 is 27.5 Å². The summed E-state index contributed by atoms with van der Waals surface area (Å²) in [5, 5.41) is 1.73. The van der Waals surface area contributed by atoms with E-state index >= 15 is 0 Å². The largest absolute Gasteiger partial charge is 0.405 e. The Bertz CT molecular complexity index is 382. The summed E-state index contributed by atoms with van der Waals surface area (Å²) in [7, 11) is 1.38. The van der Waals surface area contributed by atoms with Gasteiger partial charge in [-0.3, -0.25) is 9.59 Å². The van der Waals surface area contributed by atoms with Gasteiger partial charge < -0.3 is 20.7 Å². The molecule has 1 aliphatic rings. The molecule has 1 heterocycles. The molecule has 0 radical (unpaired) electrons. The van der Waals surface area contributed by atoms with Gasteiger partial charge in [0.25, 0.3) is 0 Å². The molecule has 1 fully saturated rings. The summed E-state index contributed by atoms with van der Waals surface area (Å²) in [5.41, 5.74) is 4.88. The van der Waals surface area contributed by atoms with Gasteiger partial charge in [-0.05, 0) is 12.8 Å². The number of likely N-dealkylation sites (N-methyl/N-ethyl adjacent to an activating group) is 1. The van der Waals surface area contributed by atoms with E-state index in [-0.39, 0.29) is 12.5 Å². The van der Waals surface area contributed by atoms with E-state index in [1.165, 1.54) is 7.05 Å². The van der Waals surface area contributed by atoms with Crippen molar-refractivity contribution in [3.63, 3.8) is 0 Å². The van der Waals surface area contributed by atoms with Gasteiger partial charge in [0.05, 0.1) is 12.0 Å². The Hall–Kier alpha value is -1.35. The van der Waals surface area contributed by atoms with Crippen LogP contribution in [0, 0.1) is 5.41 Å². The Balaban J connectivity index is 2.55. The minimum Gasteiger partial charge on any atom is -0.381 e. The smallest absolute Gasteiger partial charge is 0.381 e. The molecule has 3 N–H and O–H groups in total. The first-order chi connectivity index (χ1) is 9.70. The first kappa shape index (κ1) is 17.7. The summed E-state index contributed by atoms with van der Waals surface area (Å²) >= 11 is 0. The van der Waals surface area contributed by atoms with E-state index in [9.17, 15) is 22.8 Å². The average molecular weight is 311 g/mol. The van der Waals surface area contributed by atoms with Gasteiger partial charge in [-0.2, -0.15) is 13.2 Å². The van der Waals surface area contributed by atoms with Crippen molar-refractivity contribution in [2.45, 2.75) is 19.0 Å². The predicted molar refractivity (Wildman–Crippen MR) is 68.2 cm³/mol. The van der Waals surface area contributed by atoms with E-state index in [0.29, 0.717) is 26.1 Å². The number of carbonyl (C=O) groups is 2. The number of alkyl halides is 3. The first-order valence-electron chi connectivity index (χ1n) is 6.57.